The van der Waals surface area contributed by atoms with Gasteiger partial charge in [-0.25, -0.2) is 0 Å². The van der Waals surface area contributed by atoms with Gasteiger partial charge in [0.1, 0.15) is 5.82 Å². The Morgan fingerprint density at radius 1 is 1.03 bits per heavy atom. The third-order valence-corrected chi connectivity index (χ3v) is 6.57. The zero-order valence-corrected chi connectivity index (χ0v) is 18.7. The monoisotopic (exact) mass is 433 g/mol. The largest absolute Gasteiger partial charge is 0.478 e. The van der Waals surface area contributed by atoms with Crippen LogP contribution in [0.3, 0.4) is 0 Å². The first-order chi connectivity index (χ1) is 15.7. The third-order valence-electron chi connectivity index (χ3n) is 6.57. The van der Waals surface area contributed by atoms with Crippen molar-refractivity contribution in [2.24, 2.45) is 7.05 Å². The van der Waals surface area contributed by atoms with Gasteiger partial charge in [0, 0.05) is 68.5 Å². The van der Waals surface area contributed by atoms with E-state index in [1.54, 1.807) is 0 Å². The van der Waals surface area contributed by atoms with Crippen molar-refractivity contribution < 1.29 is 9.53 Å². The number of fused-ring (bicyclic) bond motifs is 2. The smallest absolute Gasteiger partial charge is 0.225 e. The average Bonchev–Trinajstić information content (AvgIpc) is 3.20. The molecule has 7 heteroatoms. The normalized spacial score (nSPS) is 16.8. The molecule has 0 bridgehead atoms. The van der Waals surface area contributed by atoms with Gasteiger partial charge in [-0.2, -0.15) is 4.98 Å². The van der Waals surface area contributed by atoms with Crippen molar-refractivity contribution in [2.75, 3.05) is 49.5 Å². The quantitative estimate of drug-likeness (QED) is 0.579. The molecule has 0 atom stereocenters. The van der Waals surface area contributed by atoms with Crippen molar-refractivity contribution in [1.29, 1.82) is 0 Å². The van der Waals surface area contributed by atoms with Gasteiger partial charge in [0.15, 0.2) is 0 Å². The van der Waals surface area contributed by atoms with Crippen molar-refractivity contribution in [3.8, 4) is 5.88 Å². The summed E-state index contributed by atoms with van der Waals surface area (Å²) in [6.07, 6.45) is 5.53. The number of aryl methyl sites for hydroxylation is 2. The summed E-state index contributed by atoms with van der Waals surface area (Å²) in [5, 5.41) is 4.17. The first-order valence-electron chi connectivity index (χ1n) is 11.6. The van der Waals surface area contributed by atoms with Gasteiger partial charge in [-0.05, 0) is 55.6 Å². The SMILES string of the molecule is Cn1ccc2c(N3CCN(CCCCOc4ccc5c(n4)NC(=O)CC5)CC3)cccc21. The molecule has 7 nitrogen and oxygen atoms in total. The van der Waals surface area contributed by atoms with Crippen LogP contribution in [0.25, 0.3) is 10.9 Å². The van der Waals surface area contributed by atoms with Crippen LogP contribution in [0.1, 0.15) is 24.8 Å². The van der Waals surface area contributed by atoms with E-state index in [9.17, 15) is 4.79 Å². The Bertz CT molecular complexity index is 1100. The van der Waals surface area contributed by atoms with Crippen LogP contribution in [0.5, 0.6) is 5.88 Å². The van der Waals surface area contributed by atoms with Crippen molar-refractivity contribution in [3.63, 3.8) is 0 Å². The lowest BCUT2D eigenvalue weighted by molar-refractivity contribution is -0.116. The molecule has 0 unspecified atom stereocenters. The average molecular weight is 434 g/mol. The lowest BCUT2D eigenvalue weighted by Crippen LogP contribution is -2.46. The number of rotatable bonds is 7. The number of unbranched alkanes of at least 4 members (excludes halogenated alkanes) is 1. The van der Waals surface area contributed by atoms with Crippen LogP contribution in [0.4, 0.5) is 11.5 Å². The number of carbonyl (C=O) groups excluding carboxylic acids is 1. The van der Waals surface area contributed by atoms with Gasteiger partial charge in [0.2, 0.25) is 11.8 Å². The number of hydrogen-bond donors (Lipinski definition) is 1. The van der Waals surface area contributed by atoms with E-state index >= 15 is 0 Å². The number of piperazine rings is 1. The molecule has 1 amide bonds. The molecule has 1 fully saturated rings. The number of nitrogens with zero attached hydrogens (tertiary/aromatic N) is 4. The number of carbonyl (C=O) groups is 1. The summed E-state index contributed by atoms with van der Waals surface area (Å²) in [6, 6.07) is 12.7. The molecular weight excluding hydrogens is 402 g/mol. The van der Waals surface area contributed by atoms with E-state index in [0.29, 0.717) is 24.7 Å². The topological polar surface area (TPSA) is 62.6 Å². The Balaban J connectivity index is 1.04. The van der Waals surface area contributed by atoms with Crippen LogP contribution in [0, 0.1) is 0 Å². The number of benzene rings is 1. The van der Waals surface area contributed by atoms with Crippen molar-refractivity contribution in [1.82, 2.24) is 14.5 Å². The predicted molar refractivity (Wildman–Crippen MR) is 127 cm³/mol. The molecule has 0 aliphatic carbocycles. The molecule has 1 saturated heterocycles. The summed E-state index contributed by atoms with van der Waals surface area (Å²) in [5.74, 6) is 1.28. The van der Waals surface area contributed by atoms with Crippen LogP contribution in [-0.2, 0) is 18.3 Å². The number of anilines is 2. The molecule has 32 heavy (non-hydrogen) atoms. The van der Waals surface area contributed by atoms with Gasteiger partial charge in [-0.3, -0.25) is 9.69 Å². The molecule has 0 radical (unpaired) electrons. The van der Waals surface area contributed by atoms with Gasteiger partial charge in [0.05, 0.1) is 6.61 Å². The Morgan fingerprint density at radius 2 is 1.91 bits per heavy atom. The van der Waals surface area contributed by atoms with Crippen LogP contribution in [0.15, 0.2) is 42.6 Å². The van der Waals surface area contributed by atoms with E-state index in [2.05, 4.69) is 62.2 Å². The molecule has 1 aromatic carbocycles. The second kappa shape index (κ2) is 9.20. The minimum Gasteiger partial charge on any atom is -0.478 e. The highest BCUT2D eigenvalue weighted by atomic mass is 16.5. The number of hydrogen-bond acceptors (Lipinski definition) is 5. The summed E-state index contributed by atoms with van der Waals surface area (Å²) in [7, 11) is 2.10. The lowest BCUT2D eigenvalue weighted by Gasteiger charge is -2.36. The highest BCUT2D eigenvalue weighted by molar-refractivity contribution is 5.93. The number of nitrogens with one attached hydrogen (secondary N) is 1. The molecule has 3 aromatic rings. The van der Waals surface area contributed by atoms with E-state index in [1.165, 1.54) is 16.6 Å². The summed E-state index contributed by atoms with van der Waals surface area (Å²) in [4.78, 5) is 21.1. The maximum Gasteiger partial charge on any atom is 0.225 e. The van der Waals surface area contributed by atoms with Crippen molar-refractivity contribution in [2.45, 2.75) is 25.7 Å². The molecule has 0 saturated carbocycles. The van der Waals surface area contributed by atoms with Gasteiger partial charge in [-0.15, -0.1) is 0 Å². The standard InChI is InChI=1S/C25H31N5O2/c1-28-13-11-20-21(28)5-4-6-22(20)30-16-14-29(15-17-30)12-2-3-18-32-24-10-8-19-7-9-23(31)26-25(19)27-24/h4-6,8,10-11,13H,2-3,7,9,12,14-18H2,1H3,(H,26,27,31). The van der Waals surface area contributed by atoms with Gasteiger partial charge >= 0.3 is 0 Å². The predicted octanol–water partition coefficient (Wildman–Crippen LogP) is 3.44. The zero-order chi connectivity index (χ0) is 21.9. The summed E-state index contributed by atoms with van der Waals surface area (Å²) >= 11 is 0. The Morgan fingerprint density at radius 3 is 2.78 bits per heavy atom. The second-order valence-electron chi connectivity index (χ2n) is 8.73. The first-order valence-corrected chi connectivity index (χ1v) is 11.6. The fraction of sp³-hybridized carbons (Fsp3) is 0.440. The number of pyridine rings is 1. The summed E-state index contributed by atoms with van der Waals surface area (Å²) in [6.45, 7) is 6.06. The third kappa shape index (κ3) is 4.43. The van der Waals surface area contributed by atoms with E-state index in [-0.39, 0.29) is 5.91 Å². The molecule has 4 heterocycles. The van der Waals surface area contributed by atoms with Crippen molar-refractivity contribution >= 4 is 28.3 Å². The molecule has 5 rings (SSSR count). The van der Waals surface area contributed by atoms with Gasteiger partial charge in [0.25, 0.3) is 0 Å². The van der Waals surface area contributed by atoms with Crippen LogP contribution in [0.2, 0.25) is 0 Å². The molecule has 1 N–H and O–H groups in total. The lowest BCUT2D eigenvalue weighted by atomic mass is 10.1. The maximum absolute atomic E-state index is 11.5. The minimum atomic E-state index is 0.0303. The summed E-state index contributed by atoms with van der Waals surface area (Å²) in [5.41, 5.74) is 3.73. The van der Waals surface area contributed by atoms with Gasteiger partial charge < -0.3 is 19.5 Å². The van der Waals surface area contributed by atoms with Crippen molar-refractivity contribution in [3.05, 3.63) is 48.2 Å². The Kier molecular flexibility index (Phi) is 5.99. The van der Waals surface area contributed by atoms with E-state index in [0.717, 1.165) is 57.5 Å². The number of ether oxygens (including phenoxy) is 1. The fourth-order valence-corrected chi connectivity index (χ4v) is 4.69. The first kappa shape index (κ1) is 20.8. The molecule has 2 aliphatic heterocycles. The van der Waals surface area contributed by atoms with E-state index in [4.69, 9.17) is 4.74 Å². The molecule has 168 valence electrons. The number of amides is 1. The van der Waals surface area contributed by atoms with E-state index < -0.39 is 0 Å². The van der Waals surface area contributed by atoms with Crippen LogP contribution >= 0.6 is 0 Å². The fourth-order valence-electron chi connectivity index (χ4n) is 4.69. The highest BCUT2D eigenvalue weighted by Gasteiger charge is 2.19. The summed E-state index contributed by atoms with van der Waals surface area (Å²) < 4.78 is 8.01. The Hall–Kier alpha value is -3.06. The molecule has 2 aliphatic rings. The molecular formula is C25H31N5O2. The van der Waals surface area contributed by atoms with Crippen LogP contribution < -0.4 is 15.0 Å². The van der Waals surface area contributed by atoms with Crippen LogP contribution in [-0.4, -0.2) is 59.7 Å². The van der Waals surface area contributed by atoms with E-state index in [1.807, 2.05) is 12.1 Å². The Labute approximate surface area is 189 Å². The number of aromatic nitrogens is 2. The maximum atomic E-state index is 11.5. The molecule has 0 spiro atoms. The second-order valence-corrected chi connectivity index (χ2v) is 8.73. The highest BCUT2D eigenvalue weighted by Crippen LogP contribution is 2.28. The zero-order valence-electron chi connectivity index (χ0n) is 18.7. The minimum absolute atomic E-state index is 0.0303. The molecule has 2 aromatic heterocycles. The van der Waals surface area contributed by atoms with Gasteiger partial charge in [-0.1, -0.05) is 6.07 Å².